The summed E-state index contributed by atoms with van der Waals surface area (Å²) >= 11 is 15.5. The molecule has 0 aliphatic rings. The molecule has 0 radical (unpaired) electrons. The monoisotopic (exact) mass is 342 g/mol. The summed E-state index contributed by atoms with van der Waals surface area (Å²) in [7, 11) is 0. The Labute approximate surface area is 121 Å². The minimum absolute atomic E-state index is 0.310. The van der Waals surface area contributed by atoms with Crippen LogP contribution >= 0.6 is 39.1 Å². The Bertz CT molecular complexity index is 741. The van der Waals surface area contributed by atoms with Crippen molar-refractivity contribution in [3.05, 3.63) is 45.2 Å². The maximum Gasteiger partial charge on any atom is 0.198 e. The number of hydrogen-bond acceptors (Lipinski definition) is 3. The molecule has 0 amide bonds. The van der Waals surface area contributed by atoms with Crippen LogP contribution in [0.25, 0.3) is 17.0 Å². The van der Waals surface area contributed by atoms with E-state index in [-0.39, 0.29) is 0 Å². The van der Waals surface area contributed by atoms with Gasteiger partial charge in [0, 0.05) is 22.4 Å². The van der Waals surface area contributed by atoms with E-state index in [1.807, 2.05) is 12.1 Å². The average Bonchev–Trinajstić information content (AvgIpc) is 2.74. The summed E-state index contributed by atoms with van der Waals surface area (Å²) in [5, 5.41) is 9.01. The molecule has 0 aliphatic heterocycles. The largest absolute Gasteiger partial charge is 0.278 e. The lowest BCUT2D eigenvalue weighted by atomic mass is 10.2. The van der Waals surface area contributed by atoms with Gasteiger partial charge in [-0.05, 0) is 18.2 Å². The lowest BCUT2D eigenvalue weighted by molar-refractivity contribution is 1.11. The van der Waals surface area contributed by atoms with Crippen LogP contribution in [0.2, 0.25) is 10.2 Å². The third kappa shape index (κ3) is 1.88. The number of hydrogen-bond donors (Lipinski definition) is 0. The standard InChI is InChI=1S/C11H5BrCl2N4/c12-6-1-2-7(8(13)5-6)10-16-17-11-9(14)15-3-4-18(10)11/h1-5H. The molecule has 3 rings (SSSR count). The third-order valence-corrected chi connectivity index (χ3v) is 3.53. The first-order chi connectivity index (χ1) is 8.66. The van der Waals surface area contributed by atoms with Gasteiger partial charge in [0.05, 0.1) is 5.02 Å². The Kier molecular flexibility index (Phi) is 2.97. The summed E-state index contributed by atoms with van der Waals surface area (Å²) in [5.41, 5.74) is 1.29. The topological polar surface area (TPSA) is 43.1 Å². The van der Waals surface area contributed by atoms with E-state index < -0.39 is 0 Å². The molecule has 0 saturated heterocycles. The fourth-order valence-electron chi connectivity index (χ4n) is 1.65. The van der Waals surface area contributed by atoms with Crippen LogP contribution in [0.4, 0.5) is 0 Å². The zero-order chi connectivity index (χ0) is 12.7. The molecular formula is C11H5BrCl2N4. The van der Waals surface area contributed by atoms with Crippen molar-refractivity contribution < 1.29 is 0 Å². The summed E-state index contributed by atoms with van der Waals surface area (Å²) in [6, 6.07) is 5.57. The normalized spacial score (nSPS) is 11.1. The molecule has 0 N–H and O–H groups in total. The van der Waals surface area contributed by atoms with Crippen LogP contribution < -0.4 is 0 Å². The molecule has 1 aromatic carbocycles. The molecule has 18 heavy (non-hydrogen) atoms. The second-order valence-electron chi connectivity index (χ2n) is 3.56. The summed E-state index contributed by atoms with van der Waals surface area (Å²) < 4.78 is 2.66. The SMILES string of the molecule is Clc1cc(Br)ccc1-c1nnc2c(Cl)nccn12. The van der Waals surface area contributed by atoms with Crippen molar-refractivity contribution in [3.63, 3.8) is 0 Å². The van der Waals surface area contributed by atoms with E-state index >= 15 is 0 Å². The fraction of sp³-hybridized carbons (Fsp3) is 0. The molecule has 0 unspecified atom stereocenters. The van der Waals surface area contributed by atoms with Gasteiger partial charge < -0.3 is 0 Å². The number of aromatic nitrogens is 4. The number of nitrogens with zero attached hydrogens (tertiary/aromatic N) is 4. The molecule has 7 heteroatoms. The van der Waals surface area contributed by atoms with Crippen molar-refractivity contribution in [2.45, 2.75) is 0 Å². The van der Waals surface area contributed by atoms with Gasteiger partial charge in [0.2, 0.25) is 0 Å². The van der Waals surface area contributed by atoms with Crippen LogP contribution in [0.5, 0.6) is 0 Å². The molecule has 0 saturated carbocycles. The Hall–Kier alpha value is -1.17. The van der Waals surface area contributed by atoms with Gasteiger partial charge in [0.1, 0.15) is 0 Å². The molecule has 0 spiro atoms. The maximum absolute atomic E-state index is 6.20. The Morgan fingerprint density at radius 1 is 1.17 bits per heavy atom. The van der Waals surface area contributed by atoms with Crippen LogP contribution in [0, 0.1) is 0 Å². The highest BCUT2D eigenvalue weighted by molar-refractivity contribution is 9.10. The molecule has 90 valence electrons. The quantitative estimate of drug-likeness (QED) is 0.673. The van der Waals surface area contributed by atoms with Crippen molar-refractivity contribution in [1.29, 1.82) is 0 Å². The number of benzene rings is 1. The number of rotatable bonds is 1. The zero-order valence-electron chi connectivity index (χ0n) is 8.81. The Balaban J connectivity index is 2.29. The fourth-order valence-corrected chi connectivity index (χ4v) is 2.59. The lowest BCUT2D eigenvalue weighted by Crippen LogP contribution is -1.91. The van der Waals surface area contributed by atoms with Crippen molar-refractivity contribution in [1.82, 2.24) is 19.6 Å². The van der Waals surface area contributed by atoms with Gasteiger partial charge in [-0.1, -0.05) is 39.1 Å². The smallest absolute Gasteiger partial charge is 0.198 e. The van der Waals surface area contributed by atoms with E-state index in [9.17, 15) is 0 Å². The molecule has 2 heterocycles. The van der Waals surface area contributed by atoms with E-state index in [0.717, 1.165) is 10.0 Å². The van der Waals surface area contributed by atoms with Crippen LogP contribution in [-0.2, 0) is 0 Å². The highest BCUT2D eigenvalue weighted by atomic mass is 79.9. The van der Waals surface area contributed by atoms with E-state index in [2.05, 4.69) is 31.1 Å². The summed E-state index contributed by atoms with van der Waals surface area (Å²) in [4.78, 5) is 3.95. The summed E-state index contributed by atoms with van der Waals surface area (Å²) in [5.74, 6) is 0.631. The van der Waals surface area contributed by atoms with E-state index in [4.69, 9.17) is 23.2 Å². The van der Waals surface area contributed by atoms with Crippen LogP contribution in [0.3, 0.4) is 0 Å². The molecule has 3 aromatic rings. The highest BCUT2D eigenvalue weighted by Gasteiger charge is 2.13. The second-order valence-corrected chi connectivity index (χ2v) is 5.24. The van der Waals surface area contributed by atoms with Gasteiger partial charge in [-0.3, -0.25) is 4.40 Å². The molecule has 0 aliphatic carbocycles. The maximum atomic E-state index is 6.20. The first-order valence-electron chi connectivity index (χ1n) is 4.97. The van der Waals surface area contributed by atoms with Gasteiger partial charge in [-0.15, -0.1) is 10.2 Å². The molecule has 0 fully saturated rings. The van der Waals surface area contributed by atoms with Crippen molar-refractivity contribution in [3.8, 4) is 11.4 Å². The van der Waals surface area contributed by atoms with Crippen molar-refractivity contribution in [2.75, 3.05) is 0 Å². The van der Waals surface area contributed by atoms with Gasteiger partial charge in [0.25, 0.3) is 0 Å². The van der Waals surface area contributed by atoms with Crippen molar-refractivity contribution in [2.24, 2.45) is 0 Å². The molecule has 2 aromatic heterocycles. The average molecular weight is 344 g/mol. The predicted octanol–water partition coefficient (Wildman–Crippen LogP) is 3.86. The van der Waals surface area contributed by atoms with Crippen molar-refractivity contribution >= 4 is 44.8 Å². The molecule has 0 atom stereocenters. The van der Waals surface area contributed by atoms with E-state index in [1.54, 1.807) is 22.9 Å². The van der Waals surface area contributed by atoms with E-state index in [1.165, 1.54) is 0 Å². The summed E-state index contributed by atoms with van der Waals surface area (Å²) in [6.07, 6.45) is 3.34. The van der Waals surface area contributed by atoms with Gasteiger partial charge in [-0.2, -0.15) is 0 Å². The molecular weight excluding hydrogens is 339 g/mol. The van der Waals surface area contributed by atoms with E-state index in [0.29, 0.717) is 21.6 Å². The third-order valence-electron chi connectivity index (χ3n) is 2.46. The molecule has 4 nitrogen and oxygen atoms in total. The zero-order valence-corrected chi connectivity index (χ0v) is 11.9. The highest BCUT2D eigenvalue weighted by Crippen LogP contribution is 2.30. The first-order valence-corrected chi connectivity index (χ1v) is 6.52. The number of halogens is 3. The Morgan fingerprint density at radius 3 is 2.78 bits per heavy atom. The Morgan fingerprint density at radius 2 is 2.00 bits per heavy atom. The first kappa shape index (κ1) is 11.9. The lowest BCUT2D eigenvalue weighted by Gasteiger charge is -2.03. The predicted molar refractivity (Wildman–Crippen MR) is 73.9 cm³/mol. The summed E-state index contributed by atoms with van der Waals surface area (Å²) in [6.45, 7) is 0. The van der Waals surface area contributed by atoms with Gasteiger partial charge >= 0.3 is 0 Å². The van der Waals surface area contributed by atoms with Crippen LogP contribution in [-0.4, -0.2) is 19.6 Å². The van der Waals surface area contributed by atoms with Crippen LogP contribution in [0.15, 0.2) is 35.1 Å². The second kappa shape index (κ2) is 4.50. The van der Waals surface area contributed by atoms with Gasteiger partial charge in [-0.25, -0.2) is 4.98 Å². The minimum atomic E-state index is 0.310. The minimum Gasteiger partial charge on any atom is -0.278 e. The molecule has 0 bridgehead atoms. The number of fused-ring (bicyclic) bond motifs is 1. The van der Waals surface area contributed by atoms with Gasteiger partial charge in [0.15, 0.2) is 16.6 Å². The van der Waals surface area contributed by atoms with Crippen LogP contribution in [0.1, 0.15) is 0 Å².